The van der Waals surface area contributed by atoms with Gasteiger partial charge in [0.1, 0.15) is 5.75 Å². The summed E-state index contributed by atoms with van der Waals surface area (Å²) in [6.07, 6.45) is 1.45. The third-order valence-electron chi connectivity index (χ3n) is 5.22. The summed E-state index contributed by atoms with van der Waals surface area (Å²) in [6, 6.07) is 22.3. The third-order valence-corrected chi connectivity index (χ3v) is 5.47. The molecule has 0 fully saturated rings. The zero-order valence-corrected chi connectivity index (χ0v) is 19.7. The highest BCUT2D eigenvalue weighted by atomic mass is 35.5. The molecule has 0 saturated heterocycles. The Bertz CT molecular complexity index is 1420. The van der Waals surface area contributed by atoms with Crippen LogP contribution in [0.1, 0.15) is 26.3 Å². The fourth-order valence-corrected chi connectivity index (χ4v) is 3.57. The van der Waals surface area contributed by atoms with E-state index in [1.54, 1.807) is 48.5 Å². The number of hydrogen-bond acceptors (Lipinski definition) is 6. The van der Waals surface area contributed by atoms with Gasteiger partial charge in [0.15, 0.2) is 11.5 Å². The van der Waals surface area contributed by atoms with Crippen molar-refractivity contribution < 1.29 is 23.8 Å². The second-order valence-corrected chi connectivity index (χ2v) is 7.80. The molecule has 0 bridgehead atoms. The standard InChI is InChI=1S/C27H21ClN2O5/c1-33-24-14-10-19(15-25(24)34-2)26(31)30-29-16-22-21-6-4-3-5-17(21)9-13-23(22)35-27(32)18-7-11-20(28)12-8-18/h3-16H,1-2H3,(H,30,31). The molecular weight excluding hydrogens is 468 g/mol. The second kappa shape index (κ2) is 10.7. The molecule has 0 saturated carbocycles. The van der Waals surface area contributed by atoms with Crippen molar-refractivity contribution >= 4 is 40.5 Å². The Balaban J connectivity index is 1.60. The molecule has 0 aromatic heterocycles. The predicted molar refractivity (Wildman–Crippen MR) is 135 cm³/mol. The molecule has 176 valence electrons. The van der Waals surface area contributed by atoms with Crippen LogP contribution in [-0.2, 0) is 0 Å². The van der Waals surface area contributed by atoms with Crippen LogP contribution in [0, 0.1) is 0 Å². The minimum atomic E-state index is -0.541. The summed E-state index contributed by atoms with van der Waals surface area (Å²) in [5.74, 6) is 0.251. The van der Waals surface area contributed by atoms with E-state index in [-0.39, 0.29) is 0 Å². The molecule has 0 atom stereocenters. The molecule has 0 aliphatic carbocycles. The highest BCUT2D eigenvalue weighted by Crippen LogP contribution is 2.29. The number of nitrogens with one attached hydrogen (secondary N) is 1. The summed E-state index contributed by atoms with van der Waals surface area (Å²) in [5.41, 5.74) is 3.73. The van der Waals surface area contributed by atoms with Crippen molar-refractivity contribution in [2.24, 2.45) is 5.10 Å². The number of hydrazone groups is 1. The van der Waals surface area contributed by atoms with E-state index >= 15 is 0 Å². The number of halogens is 1. The first-order valence-corrected chi connectivity index (χ1v) is 10.9. The lowest BCUT2D eigenvalue weighted by molar-refractivity contribution is 0.0734. The van der Waals surface area contributed by atoms with E-state index in [1.807, 2.05) is 30.3 Å². The average molecular weight is 489 g/mol. The molecule has 4 rings (SSSR count). The number of carbonyl (C=O) groups excluding carboxylic acids is 2. The first kappa shape index (κ1) is 23.8. The van der Waals surface area contributed by atoms with Crippen molar-refractivity contribution in [3.8, 4) is 17.2 Å². The van der Waals surface area contributed by atoms with Crippen molar-refractivity contribution in [1.29, 1.82) is 0 Å². The van der Waals surface area contributed by atoms with Crippen molar-refractivity contribution in [2.45, 2.75) is 0 Å². The summed E-state index contributed by atoms with van der Waals surface area (Å²) < 4.78 is 16.1. The average Bonchev–Trinajstić information content (AvgIpc) is 2.89. The summed E-state index contributed by atoms with van der Waals surface area (Å²) in [4.78, 5) is 25.3. The molecule has 1 amide bonds. The predicted octanol–water partition coefficient (Wildman–Crippen LogP) is 5.49. The van der Waals surface area contributed by atoms with E-state index in [1.165, 1.54) is 20.4 Å². The molecule has 8 heteroatoms. The van der Waals surface area contributed by atoms with Gasteiger partial charge in [-0.3, -0.25) is 4.79 Å². The molecule has 4 aromatic carbocycles. The number of esters is 1. The molecule has 0 heterocycles. The number of benzene rings is 4. The Morgan fingerprint density at radius 2 is 1.51 bits per heavy atom. The van der Waals surface area contributed by atoms with Gasteiger partial charge in [0, 0.05) is 16.1 Å². The monoisotopic (exact) mass is 488 g/mol. The van der Waals surface area contributed by atoms with Gasteiger partial charge in [0.05, 0.1) is 26.0 Å². The van der Waals surface area contributed by atoms with E-state index in [9.17, 15) is 9.59 Å². The van der Waals surface area contributed by atoms with Gasteiger partial charge < -0.3 is 14.2 Å². The molecule has 1 N–H and O–H groups in total. The summed E-state index contributed by atoms with van der Waals surface area (Å²) in [5, 5.41) is 6.36. The highest BCUT2D eigenvalue weighted by Gasteiger charge is 2.14. The maximum Gasteiger partial charge on any atom is 0.343 e. The molecule has 0 aliphatic rings. The van der Waals surface area contributed by atoms with Crippen LogP contribution < -0.4 is 19.6 Å². The van der Waals surface area contributed by atoms with Gasteiger partial charge in [-0.2, -0.15) is 5.10 Å². The molecular formula is C27H21ClN2O5. The Morgan fingerprint density at radius 1 is 0.829 bits per heavy atom. The summed E-state index contributed by atoms with van der Waals surface area (Å²) in [7, 11) is 3.01. The Labute approximate surface area is 206 Å². The Hall–Kier alpha value is -4.36. The minimum absolute atomic E-state index is 0.299. The normalized spacial score (nSPS) is 10.8. The number of ether oxygens (including phenoxy) is 3. The van der Waals surface area contributed by atoms with Crippen molar-refractivity contribution in [3.05, 3.63) is 101 Å². The van der Waals surface area contributed by atoms with Crippen LogP contribution in [0.2, 0.25) is 5.02 Å². The van der Waals surface area contributed by atoms with E-state index < -0.39 is 11.9 Å². The smallest absolute Gasteiger partial charge is 0.343 e. The minimum Gasteiger partial charge on any atom is -0.493 e. The number of carbonyl (C=O) groups is 2. The van der Waals surface area contributed by atoms with Crippen molar-refractivity contribution in [3.63, 3.8) is 0 Å². The summed E-state index contributed by atoms with van der Waals surface area (Å²) >= 11 is 5.91. The third kappa shape index (κ3) is 5.42. The zero-order chi connectivity index (χ0) is 24.8. The molecule has 4 aromatic rings. The number of methoxy groups -OCH3 is 2. The number of hydrogen-bond donors (Lipinski definition) is 1. The molecule has 0 radical (unpaired) electrons. The quantitative estimate of drug-likeness (QED) is 0.161. The molecule has 0 aliphatic heterocycles. The second-order valence-electron chi connectivity index (χ2n) is 7.36. The highest BCUT2D eigenvalue weighted by molar-refractivity contribution is 6.30. The summed E-state index contributed by atoms with van der Waals surface area (Å²) in [6.45, 7) is 0. The van der Waals surface area contributed by atoms with Gasteiger partial charge in [-0.1, -0.05) is 41.9 Å². The SMILES string of the molecule is COc1ccc(C(=O)NN=Cc2c(OC(=O)c3ccc(Cl)cc3)ccc3ccccc23)cc1OC. The van der Waals surface area contributed by atoms with Crippen molar-refractivity contribution in [2.75, 3.05) is 14.2 Å². The number of fused-ring (bicyclic) bond motifs is 1. The fraction of sp³-hybridized carbons (Fsp3) is 0.0741. The lowest BCUT2D eigenvalue weighted by Crippen LogP contribution is -2.18. The maximum atomic E-state index is 12.7. The van der Waals surface area contributed by atoms with Crippen LogP contribution in [0.4, 0.5) is 0 Å². The molecule has 0 spiro atoms. The van der Waals surface area contributed by atoms with E-state index in [0.29, 0.717) is 39.0 Å². The molecule has 0 unspecified atom stereocenters. The fourth-order valence-electron chi connectivity index (χ4n) is 3.44. The van der Waals surface area contributed by atoms with E-state index in [0.717, 1.165) is 10.8 Å². The number of rotatable bonds is 7. The van der Waals surface area contributed by atoms with Gasteiger partial charge in [-0.05, 0) is 59.3 Å². The lowest BCUT2D eigenvalue weighted by atomic mass is 10.0. The van der Waals surface area contributed by atoms with Crippen LogP contribution in [0.3, 0.4) is 0 Å². The van der Waals surface area contributed by atoms with Gasteiger partial charge in [-0.15, -0.1) is 0 Å². The van der Waals surface area contributed by atoms with Crippen molar-refractivity contribution in [1.82, 2.24) is 5.43 Å². The lowest BCUT2D eigenvalue weighted by Gasteiger charge is -2.11. The first-order valence-electron chi connectivity index (χ1n) is 10.5. The number of nitrogens with zero attached hydrogens (tertiary/aromatic N) is 1. The number of amides is 1. The van der Waals surface area contributed by atoms with Gasteiger partial charge in [0.2, 0.25) is 0 Å². The first-order chi connectivity index (χ1) is 17.0. The van der Waals surface area contributed by atoms with Crippen LogP contribution in [0.5, 0.6) is 17.2 Å². The topological polar surface area (TPSA) is 86.2 Å². The van der Waals surface area contributed by atoms with E-state index in [4.69, 9.17) is 25.8 Å². The van der Waals surface area contributed by atoms with Gasteiger partial charge in [0.25, 0.3) is 5.91 Å². The Morgan fingerprint density at radius 3 is 2.26 bits per heavy atom. The maximum absolute atomic E-state index is 12.7. The molecule has 7 nitrogen and oxygen atoms in total. The zero-order valence-electron chi connectivity index (χ0n) is 18.9. The molecule has 35 heavy (non-hydrogen) atoms. The van der Waals surface area contributed by atoms with Gasteiger partial charge in [-0.25, -0.2) is 10.2 Å². The van der Waals surface area contributed by atoms with Crippen LogP contribution in [0.25, 0.3) is 10.8 Å². The van der Waals surface area contributed by atoms with Crippen LogP contribution in [0.15, 0.2) is 84.0 Å². The van der Waals surface area contributed by atoms with Gasteiger partial charge >= 0.3 is 5.97 Å². The van der Waals surface area contributed by atoms with Crippen LogP contribution in [-0.4, -0.2) is 32.3 Å². The van der Waals surface area contributed by atoms with E-state index in [2.05, 4.69) is 10.5 Å². The largest absolute Gasteiger partial charge is 0.493 e. The van der Waals surface area contributed by atoms with Crippen LogP contribution >= 0.6 is 11.6 Å². The Kier molecular flexibility index (Phi) is 7.28.